The van der Waals surface area contributed by atoms with Gasteiger partial charge in [0.15, 0.2) is 0 Å². The maximum Gasteiger partial charge on any atom is 0.325 e. The largest absolute Gasteiger partial charge is 0.382 e. The first-order chi connectivity index (χ1) is 5.88. The predicted octanol–water partition coefficient (Wildman–Crippen LogP) is 0.738. The Morgan fingerprint density at radius 3 is 2.77 bits per heavy atom. The summed E-state index contributed by atoms with van der Waals surface area (Å²) in [6, 6.07) is -0.265. The fourth-order valence-electron chi connectivity index (χ4n) is 1.35. The maximum absolute atomic E-state index is 10.8. The molecule has 1 aliphatic rings. The zero-order chi connectivity index (χ0) is 10.1. The number of ether oxygens (including phenoxy) is 1. The maximum atomic E-state index is 10.8. The summed E-state index contributed by atoms with van der Waals surface area (Å²) in [6.07, 6.45) is 0.614. The van der Waals surface area contributed by atoms with E-state index < -0.39 is 7.60 Å². The molecule has 0 saturated carbocycles. The van der Waals surface area contributed by atoms with E-state index in [1.165, 1.54) is 0 Å². The van der Waals surface area contributed by atoms with Crippen LogP contribution in [0.1, 0.15) is 13.3 Å². The second-order valence-corrected chi connectivity index (χ2v) is 5.39. The molecule has 0 aromatic rings. The standard InChI is InChI=1S/C7H14BO4P/c1-5-3-7(8)12-6(5)4-11-13(2,9)10/h5-7H,3-4H2,1-2H3,(H,9,10)/t5?,6-,7-/m1/s1. The summed E-state index contributed by atoms with van der Waals surface area (Å²) in [5, 5.41) is 0. The van der Waals surface area contributed by atoms with E-state index in [1.54, 1.807) is 0 Å². The van der Waals surface area contributed by atoms with Crippen molar-refractivity contribution in [1.29, 1.82) is 0 Å². The molecule has 1 saturated heterocycles. The SMILES string of the molecule is [B][C@H]1CC(C)[C@@H](COP(C)(=O)O)O1. The van der Waals surface area contributed by atoms with Gasteiger partial charge in [0.05, 0.1) is 12.7 Å². The van der Waals surface area contributed by atoms with Crippen molar-refractivity contribution < 1.29 is 18.7 Å². The predicted molar refractivity (Wildman–Crippen MR) is 49.9 cm³/mol. The molecule has 2 unspecified atom stereocenters. The molecule has 0 bridgehead atoms. The smallest absolute Gasteiger partial charge is 0.325 e. The Morgan fingerprint density at radius 2 is 2.38 bits per heavy atom. The Bertz CT molecular complexity index is 217. The van der Waals surface area contributed by atoms with Crippen molar-refractivity contribution in [2.45, 2.75) is 25.5 Å². The van der Waals surface area contributed by atoms with Gasteiger partial charge < -0.3 is 14.2 Å². The van der Waals surface area contributed by atoms with Crippen LogP contribution in [0.25, 0.3) is 0 Å². The summed E-state index contributed by atoms with van der Waals surface area (Å²) in [6.45, 7) is 3.28. The van der Waals surface area contributed by atoms with Gasteiger partial charge in [0.1, 0.15) is 7.85 Å². The third kappa shape index (κ3) is 3.82. The molecule has 1 fully saturated rings. The minimum atomic E-state index is -3.39. The highest BCUT2D eigenvalue weighted by Gasteiger charge is 2.30. The molecular formula is C7H14BO4P. The van der Waals surface area contributed by atoms with Crippen molar-refractivity contribution in [3.63, 3.8) is 0 Å². The molecule has 0 spiro atoms. The minimum Gasteiger partial charge on any atom is -0.382 e. The van der Waals surface area contributed by atoms with Crippen LogP contribution in [0.2, 0.25) is 0 Å². The number of hydrogen-bond donors (Lipinski definition) is 1. The Morgan fingerprint density at radius 1 is 1.77 bits per heavy atom. The lowest BCUT2D eigenvalue weighted by atomic mass is 9.92. The van der Waals surface area contributed by atoms with E-state index in [0.29, 0.717) is 0 Å². The van der Waals surface area contributed by atoms with Crippen LogP contribution >= 0.6 is 7.60 Å². The molecule has 0 aromatic carbocycles. The third-order valence-electron chi connectivity index (χ3n) is 2.07. The van der Waals surface area contributed by atoms with Gasteiger partial charge in [0.25, 0.3) is 0 Å². The number of hydrogen-bond acceptors (Lipinski definition) is 3. The lowest BCUT2D eigenvalue weighted by Crippen LogP contribution is -2.20. The van der Waals surface area contributed by atoms with Crippen molar-refractivity contribution in [2.75, 3.05) is 13.3 Å². The zero-order valence-corrected chi connectivity index (χ0v) is 8.74. The fourth-order valence-corrected chi connectivity index (χ4v) is 1.77. The van der Waals surface area contributed by atoms with Gasteiger partial charge in [0, 0.05) is 12.7 Å². The van der Waals surface area contributed by atoms with Gasteiger partial charge in [-0.05, 0) is 12.3 Å². The monoisotopic (exact) mass is 204 g/mol. The van der Waals surface area contributed by atoms with Crippen LogP contribution in [-0.2, 0) is 13.8 Å². The Hall–Kier alpha value is 0.175. The van der Waals surface area contributed by atoms with Crippen molar-refractivity contribution in [1.82, 2.24) is 0 Å². The average Bonchev–Trinajstić information content (AvgIpc) is 2.24. The Labute approximate surface area is 79.6 Å². The molecule has 74 valence electrons. The second kappa shape index (κ2) is 4.14. The Kier molecular flexibility index (Phi) is 3.58. The molecule has 1 heterocycles. The summed E-state index contributed by atoms with van der Waals surface area (Å²) in [4.78, 5) is 8.88. The molecule has 1 N–H and O–H groups in total. The summed E-state index contributed by atoms with van der Waals surface area (Å²) in [5.41, 5.74) is 0. The summed E-state index contributed by atoms with van der Waals surface area (Å²) in [5.74, 6) is 0.279. The van der Waals surface area contributed by atoms with E-state index in [4.69, 9.17) is 22.0 Å². The molecule has 1 rings (SSSR count). The first-order valence-corrected chi connectivity index (χ1v) is 6.27. The third-order valence-corrected chi connectivity index (χ3v) is 2.69. The lowest BCUT2D eigenvalue weighted by Gasteiger charge is -2.16. The van der Waals surface area contributed by atoms with E-state index in [-0.39, 0.29) is 24.6 Å². The first kappa shape index (κ1) is 11.3. The van der Waals surface area contributed by atoms with Gasteiger partial charge >= 0.3 is 7.60 Å². The normalized spacial score (nSPS) is 38.8. The van der Waals surface area contributed by atoms with Crippen LogP contribution in [0.5, 0.6) is 0 Å². The van der Waals surface area contributed by atoms with Crippen LogP contribution in [0.4, 0.5) is 0 Å². The molecule has 1 aliphatic heterocycles. The van der Waals surface area contributed by atoms with Crippen molar-refractivity contribution in [3.05, 3.63) is 0 Å². The lowest BCUT2D eigenvalue weighted by molar-refractivity contribution is 0.0343. The topological polar surface area (TPSA) is 55.8 Å². The van der Waals surface area contributed by atoms with Crippen LogP contribution in [-0.4, -0.2) is 38.1 Å². The highest BCUT2D eigenvalue weighted by Crippen LogP contribution is 2.38. The molecule has 4 atom stereocenters. The summed E-state index contributed by atoms with van der Waals surface area (Å²) >= 11 is 0. The number of rotatable bonds is 3. The highest BCUT2D eigenvalue weighted by molar-refractivity contribution is 7.51. The van der Waals surface area contributed by atoms with Crippen molar-refractivity contribution in [2.24, 2.45) is 5.92 Å². The van der Waals surface area contributed by atoms with Crippen LogP contribution < -0.4 is 0 Å². The summed E-state index contributed by atoms with van der Waals surface area (Å²) in [7, 11) is 2.16. The van der Waals surface area contributed by atoms with Gasteiger partial charge in [-0.15, -0.1) is 0 Å². The van der Waals surface area contributed by atoms with Gasteiger partial charge in [0.2, 0.25) is 0 Å². The Balaban J connectivity index is 2.34. The molecule has 0 aliphatic carbocycles. The van der Waals surface area contributed by atoms with E-state index in [1.807, 2.05) is 6.92 Å². The van der Waals surface area contributed by atoms with E-state index in [0.717, 1.165) is 13.1 Å². The average molecular weight is 204 g/mol. The van der Waals surface area contributed by atoms with Gasteiger partial charge in [-0.1, -0.05) is 6.92 Å². The van der Waals surface area contributed by atoms with Gasteiger partial charge in [-0.25, -0.2) is 0 Å². The molecule has 0 aromatic heterocycles. The zero-order valence-electron chi connectivity index (χ0n) is 7.84. The summed E-state index contributed by atoms with van der Waals surface area (Å²) < 4.78 is 20.9. The minimum absolute atomic E-state index is 0.138. The quantitative estimate of drug-likeness (QED) is 0.544. The molecule has 6 heteroatoms. The van der Waals surface area contributed by atoms with Crippen molar-refractivity contribution in [3.8, 4) is 0 Å². The molecular weight excluding hydrogens is 190 g/mol. The van der Waals surface area contributed by atoms with Crippen molar-refractivity contribution >= 4 is 15.4 Å². The van der Waals surface area contributed by atoms with Gasteiger partial charge in [-0.3, -0.25) is 4.57 Å². The molecule has 0 amide bonds. The van der Waals surface area contributed by atoms with E-state index in [9.17, 15) is 4.57 Å². The molecule has 2 radical (unpaired) electrons. The molecule has 4 nitrogen and oxygen atoms in total. The van der Waals surface area contributed by atoms with E-state index in [2.05, 4.69) is 0 Å². The molecule has 13 heavy (non-hydrogen) atoms. The van der Waals surface area contributed by atoms with E-state index >= 15 is 0 Å². The van der Waals surface area contributed by atoms with Crippen LogP contribution in [0.3, 0.4) is 0 Å². The van der Waals surface area contributed by atoms with Gasteiger partial charge in [-0.2, -0.15) is 0 Å². The fraction of sp³-hybridized carbons (Fsp3) is 1.00. The van der Waals surface area contributed by atoms with Crippen LogP contribution in [0, 0.1) is 5.92 Å². The highest BCUT2D eigenvalue weighted by atomic mass is 31.2. The first-order valence-electron chi connectivity index (χ1n) is 4.24. The van der Waals surface area contributed by atoms with Crippen LogP contribution in [0.15, 0.2) is 0 Å². The second-order valence-electron chi connectivity index (χ2n) is 3.52.